The minimum absolute atomic E-state index is 0. The van der Waals surface area contributed by atoms with Gasteiger partial charge in [-0.2, -0.15) is 9.90 Å². The molecule has 0 aromatic heterocycles. The van der Waals surface area contributed by atoms with Gasteiger partial charge in [0.2, 0.25) is 5.91 Å². The molecule has 1 atom stereocenters. The first-order valence-electron chi connectivity index (χ1n) is 3.55. The van der Waals surface area contributed by atoms with Crippen molar-refractivity contribution < 1.29 is 4.79 Å². The largest absolute Gasteiger partial charge is 0.370 e. The van der Waals surface area contributed by atoms with Gasteiger partial charge in [-0.05, 0) is 6.42 Å². The Hall–Kier alpha value is -0.100. The number of carbonyl (C=O) groups excluding carboxylic acids is 1. The summed E-state index contributed by atoms with van der Waals surface area (Å²) in [5.74, 6) is -0.175. The van der Waals surface area contributed by atoms with Crippen molar-refractivity contribution in [3.63, 3.8) is 0 Å². The molecule has 0 rings (SSSR count). The third-order valence-electron chi connectivity index (χ3n) is 1.28. The highest BCUT2D eigenvalue weighted by molar-refractivity contribution is 6.92. The average molecular weight is 163 g/mol. The standard InChI is InChI=1S/C7H15NO.H3P/c1-2-3-4-5-6-7(8)9;/h2-6H2,1H3,(H2,8,9);1H3. The monoisotopic (exact) mass is 163 g/mol. The molecule has 0 heterocycles. The first kappa shape index (κ1) is 12.6. The summed E-state index contributed by atoms with van der Waals surface area (Å²) in [6, 6.07) is 0. The molecule has 2 N–H and O–H groups in total. The van der Waals surface area contributed by atoms with Gasteiger partial charge in [0.15, 0.2) is 0 Å². The van der Waals surface area contributed by atoms with E-state index in [2.05, 4.69) is 6.92 Å². The van der Waals surface area contributed by atoms with Gasteiger partial charge in [-0.1, -0.05) is 26.2 Å². The molecule has 0 aliphatic rings. The van der Waals surface area contributed by atoms with Crippen molar-refractivity contribution in [1.82, 2.24) is 0 Å². The molecule has 1 unspecified atom stereocenters. The highest BCUT2D eigenvalue weighted by atomic mass is 31.0. The van der Waals surface area contributed by atoms with Crippen LogP contribution in [-0.4, -0.2) is 5.91 Å². The van der Waals surface area contributed by atoms with E-state index in [-0.39, 0.29) is 15.8 Å². The molecule has 62 valence electrons. The van der Waals surface area contributed by atoms with Gasteiger partial charge >= 0.3 is 0 Å². The van der Waals surface area contributed by atoms with Crippen molar-refractivity contribution in [2.45, 2.75) is 39.0 Å². The fourth-order valence-electron chi connectivity index (χ4n) is 0.726. The van der Waals surface area contributed by atoms with E-state index in [4.69, 9.17) is 5.73 Å². The number of rotatable bonds is 5. The summed E-state index contributed by atoms with van der Waals surface area (Å²) in [5, 5.41) is 0. The van der Waals surface area contributed by atoms with Gasteiger partial charge in [-0.3, -0.25) is 4.79 Å². The zero-order valence-electron chi connectivity index (χ0n) is 6.73. The lowest BCUT2D eigenvalue weighted by Crippen LogP contribution is -2.09. The van der Waals surface area contributed by atoms with E-state index in [1.165, 1.54) is 12.8 Å². The number of primary amides is 1. The van der Waals surface area contributed by atoms with Crippen molar-refractivity contribution in [2.24, 2.45) is 5.73 Å². The Labute approximate surface area is 66.2 Å². The number of carbonyl (C=O) groups is 1. The fourth-order valence-corrected chi connectivity index (χ4v) is 0.726. The SMILES string of the molecule is CCCCCCC(N)=O.P. The van der Waals surface area contributed by atoms with Crippen LogP contribution in [-0.2, 0) is 4.79 Å². The Morgan fingerprint density at radius 3 is 2.30 bits per heavy atom. The van der Waals surface area contributed by atoms with E-state index in [0.717, 1.165) is 12.8 Å². The van der Waals surface area contributed by atoms with Crippen LogP contribution in [0.25, 0.3) is 0 Å². The van der Waals surface area contributed by atoms with E-state index in [9.17, 15) is 4.79 Å². The van der Waals surface area contributed by atoms with Crippen LogP contribution in [0, 0.1) is 0 Å². The van der Waals surface area contributed by atoms with Crippen molar-refractivity contribution in [2.75, 3.05) is 0 Å². The molecular weight excluding hydrogens is 145 g/mol. The number of hydrogen-bond donors (Lipinski definition) is 1. The summed E-state index contributed by atoms with van der Waals surface area (Å²) < 4.78 is 0. The van der Waals surface area contributed by atoms with Crippen molar-refractivity contribution >= 4 is 15.8 Å². The quantitative estimate of drug-likeness (QED) is 0.484. The molecule has 0 radical (unpaired) electrons. The lowest BCUT2D eigenvalue weighted by atomic mass is 10.1. The van der Waals surface area contributed by atoms with Crippen LogP contribution in [0.2, 0.25) is 0 Å². The van der Waals surface area contributed by atoms with Crippen molar-refractivity contribution in [3.05, 3.63) is 0 Å². The molecule has 0 bridgehead atoms. The van der Waals surface area contributed by atoms with E-state index in [0.29, 0.717) is 6.42 Å². The van der Waals surface area contributed by atoms with E-state index >= 15 is 0 Å². The maximum Gasteiger partial charge on any atom is 0.217 e. The molecule has 0 aromatic carbocycles. The summed E-state index contributed by atoms with van der Waals surface area (Å²) in [7, 11) is 0. The molecule has 10 heavy (non-hydrogen) atoms. The van der Waals surface area contributed by atoms with Crippen LogP contribution in [0.5, 0.6) is 0 Å². The first-order valence-corrected chi connectivity index (χ1v) is 3.55. The molecule has 1 amide bonds. The second kappa shape index (κ2) is 8.90. The predicted molar refractivity (Wildman–Crippen MR) is 49.1 cm³/mol. The Kier molecular flexibility index (Phi) is 11.2. The summed E-state index contributed by atoms with van der Waals surface area (Å²) >= 11 is 0. The number of amides is 1. The number of unbranched alkanes of at least 4 members (excludes halogenated alkanes) is 3. The van der Waals surface area contributed by atoms with Crippen LogP contribution in [0.1, 0.15) is 39.0 Å². The molecule has 0 aliphatic heterocycles. The lowest BCUT2D eigenvalue weighted by molar-refractivity contribution is -0.118. The van der Waals surface area contributed by atoms with Crippen LogP contribution in [0.4, 0.5) is 0 Å². The number of hydrogen-bond acceptors (Lipinski definition) is 1. The van der Waals surface area contributed by atoms with Crippen molar-refractivity contribution in [1.29, 1.82) is 0 Å². The molecule has 0 spiro atoms. The molecule has 2 nitrogen and oxygen atoms in total. The highest BCUT2D eigenvalue weighted by Crippen LogP contribution is 2.00. The minimum Gasteiger partial charge on any atom is -0.370 e. The Bertz CT molecular complexity index is 85.7. The van der Waals surface area contributed by atoms with Gasteiger partial charge < -0.3 is 5.73 Å². The summed E-state index contributed by atoms with van der Waals surface area (Å²) in [6.45, 7) is 2.14. The van der Waals surface area contributed by atoms with Gasteiger partial charge in [-0.25, -0.2) is 0 Å². The zero-order chi connectivity index (χ0) is 7.11. The normalized spacial score (nSPS) is 8.50. The average Bonchev–Trinajstić information content (AvgIpc) is 1.80. The molecule has 3 heteroatoms. The second-order valence-electron chi connectivity index (χ2n) is 2.28. The molecule has 0 aliphatic carbocycles. The van der Waals surface area contributed by atoms with Crippen LogP contribution in [0.3, 0.4) is 0 Å². The highest BCUT2D eigenvalue weighted by Gasteiger charge is 1.91. The van der Waals surface area contributed by atoms with Crippen LogP contribution < -0.4 is 5.73 Å². The Morgan fingerprint density at radius 1 is 1.30 bits per heavy atom. The third kappa shape index (κ3) is 10.8. The van der Waals surface area contributed by atoms with Crippen molar-refractivity contribution in [3.8, 4) is 0 Å². The third-order valence-corrected chi connectivity index (χ3v) is 1.28. The minimum atomic E-state index is -0.175. The smallest absolute Gasteiger partial charge is 0.217 e. The van der Waals surface area contributed by atoms with Gasteiger partial charge in [0.05, 0.1) is 0 Å². The predicted octanol–water partition coefficient (Wildman–Crippen LogP) is 1.50. The summed E-state index contributed by atoms with van der Waals surface area (Å²) in [5.41, 5.74) is 4.94. The zero-order valence-corrected chi connectivity index (χ0v) is 8.14. The van der Waals surface area contributed by atoms with Gasteiger partial charge in [0.25, 0.3) is 0 Å². The van der Waals surface area contributed by atoms with Crippen LogP contribution >= 0.6 is 9.90 Å². The van der Waals surface area contributed by atoms with E-state index in [1.54, 1.807) is 0 Å². The Morgan fingerprint density at radius 2 is 1.90 bits per heavy atom. The topological polar surface area (TPSA) is 43.1 Å². The number of nitrogens with two attached hydrogens (primary N) is 1. The second-order valence-corrected chi connectivity index (χ2v) is 2.28. The van der Waals surface area contributed by atoms with Gasteiger partial charge in [0, 0.05) is 6.42 Å². The van der Waals surface area contributed by atoms with Crippen LogP contribution in [0.15, 0.2) is 0 Å². The maximum absolute atomic E-state index is 10.2. The van der Waals surface area contributed by atoms with Gasteiger partial charge in [-0.15, -0.1) is 0 Å². The lowest BCUT2D eigenvalue weighted by Gasteiger charge is -1.93. The molecule has 0 aromatic rings. The summed E-state index contributed by atoms with van der Waals surface area (Å²) in [4.78, 5) is 10.2. The molecular formula is C7H18NOP. The molecule has 0 saturated carbocycles. The fraction of sp³-hybridized carbons (Fsp3) is 0.857. The first-order chi connectivity index (χ1) is 4.27. The molecule has 0 fully saturated rings. The van der Waals surface area contributed by atoms with E-state index in [1.807, 2.05) is 0 Å². The molecule has 0 saturated heterocycles. The maximum atomic E-state index is 10.2. The van der Waals surface area contributed by atoms with E-state index < -0.39 is 0 Å². The summed E-state index contributed by atoms with van der Waals surface area (Å²) in [6.07, 6.45) is 5.08. The Balaban J connectivity index is 0. The van der Waals surface area contributed by atoms with Gasteiger partial charge in [0.1, 0.15) is 0 Å².